The molecule has 1 heterocycles. The zero-order chi connectivity index (χ0) is 17.5. The van der Waals surface area contributed by atoms with E-state index in [1.165, 1.54) is 5.39 Å². The Kier molecular flexibility index (Phi) is 7.51. The predicted molar refractivity (Wildman–Crippen MR) is 105 cm³/mol. The van der Waals surface area contributed by atoms with Crippen LogP contribution < -0.4 is 15.4 Å². The normalized spacial score (nSPS) is 10.3. The van der Waals surface area contributed by atoms with Crippen molar-refractivity contribution >= 4 is 29.1 Å². The van der Waals surface area contributed by atoms with Gasteiger partial charge in [-0.2, -0.15) is 0 Å². The minimum atomic E-state index is -0.201. The molecule has 0 aliphatic heterocycles. The number of hydrogen-bond donors (Lipinski definition) is 2. The first-order valence-corrected chi connectivity index (χ1v) is 8.39. The summed E-state index contributed by atoms with van der Waals surface area (Å²) in [7, 11) is 1.89. The molecular weight excluding hydrogens is 352 g/mol. The standard InChI is InChI=1S/C20H22N2O3.ClH/c1-21-11-4-12-22-20(23)19-10-9-18(25-19)14-24-17-8-7-15-5-2-3-6-16(15)13-17;/h2-3,5-10,13,21H,4,11-12,14H2,1H3,(H,22,23);1H. The van der Waals surface area contributed by atoms with Crippen LogP contribution in [0.25, 0.3) is 10.8 Å². The van der Waals surface area contributed by atoms with E-state index in [2.05, 4.69) is 16.7 Å². The summed E-state index contributed by atoms with van der Waals surface area (Å²) in [5.74, 6) is 1.50. The van der Waals surface area contributed by atoms with Gasteiger partial charge in [0.25, 0.3) is 5.91 Å². The lowest BCUT2D eigenvalue weighted by atomic mass is 10.1. The highest BCUT2D eigenvalue weighted by atomic mass is 35.5. The largest absolute Gasteiger partial charge is 0.486 e. The van der Waals surface area contributed by atoms with Crippen molar-refractivity contribution in [3.05, 3.63) is 66.1 Å². The molecule has 6 heteroatoms. The van der Waals surface area contributed by atoms with E-state index in [-0.39, 0.29) is 24.9 Å². The molecule has 0 bridgehead atoms. The van der Waals surface area contributed by atoms with Gasteiger partial charge in [0.15, 0.2) is 5.76 Å². The highest BCUT2D eigenvalue weighted by molar-refractivity contribution is 5.91. The van der Waals surface area contributed by atoms with Crippen LogP contribution in [0.5, 0.6) is 5.75 Å². The van der Waals surface area contributed by atoms with Gasteiger partial charge in [0.05, 0.1) is 0 Å². The van der Waals surface area contributed by atoms with Crippen molar-refractivity contribution in [2.24, 2.45) is 0 Å². The third kappa shape index (κ3) is 5.25. The Balaban J connectivity index is 0.00000243. The van der Waals surface area contributed by atoms with Crippen LogP contribution >= 0.6 is 12.4 Å². The molecule has 0 spiro atoms. The summed E-state index contributed by atoms with van der Waals surface area (Å²) < 4.78 is 11.3. The quantitative estimate of drug-likeness (QED) is 0.589. The van der Waals surface area contributed by atoms with E-state index >= 15 is 0 Å². The van der Waals surface area contributed by atoms with Gasteiger partial charge >= 0.3 is 0 Å². The Hall–Kier alpha value is -2.50. The van der Waals surface area contributed by atoms with Gasteiger partial charge in [0, 0.05) is 6.54 Å². The van der Waals surface area contributed by atoms with Gasteiger partial charge < -0.3 is 19.8 Å². The van der Waals surface area contributed by atoms with Crippen LogP contribution in [0.4, 0.5) is 0 Å². The lowest BCUT2D eigenvalue weighted by molar-refractivity contribution is 0.0921. The first-order chi connectivity index (χ1) is 12.3. The molecule has 26 heavy (non-hydrogen) atoms. The topological polar surface area (TPSA) is 63.5 Å². The number of ether oxygens (including phenoxy) is 1. The van der Waals surface area contributed by atoms with E-state index in [4.69, 9.17) is 9.15 Å². The fourth-order valence-electron chi connectivity index (χ4n) is 2.54. The van der Waals surface area contributed by atoms with Crippen molar-refractivity contribution in [1.29, 1.82) is 0 Å². The molecule has 0 saturated carbocycles. The molecule has 5 nitrogen and oxygen atoms in total. The second-order valence-corrected chi connectivity index (χ2v) is 5.78. The maximum absolute atomic E-state index is 12.0. The molecule has 0 fully saturated rings. The van der Waals surface area contributed by atoms with E-state index in [1.807, 2.05) is 43.4 Å². The molecule has 0 aliphatic rings. The predicted octanol–water partition coefficient (Wildman–Crippen LogP) is 3.77. The summed E-state index contributed by atoms with van der Waals surface area (Å²) in [5.41, 5.74) is 0. The van der Waals surface area contributed by atoms with Gasteiger partial charge in [-0.05, 0) is 55.1 Å². The van der Waals surface area contributed by atoms with Crippen molar-refractivity contribution < 1.29 is 13.9 Å². The molecule has 0 radical (unpaired) electrons. The zero-order valence-electron chi connectivity index (χ0n) is 14.7. The zero-order valence-corrected chi connectivity index (χ0v) is 15.5. The van der Waals surface area contributed by atoms with Crippen LogP contribution in [0.3, 0.4) is 0 Å². The molecule has 1 aromatic heterocycles. The average molecular weight is 375 g/mol. The lowest BCUT2D eigenvalue weighted by Gasteiger charge is -2.06. The number of halogens is 1. The first-order valence-electron chi connectivity index (χ1n) is 8.39. The minimum absolute atomic E-state index is 0. The highest BCUT2D eigenvalue weighted by Crippen LogP contribution is 2.21. The van der Waals surface area contributed by atoms with Crippen molar-refractivity contribution in [3.63, 3.8) is 0 Å². The van der Waals surface area contributed by atoms with Crippen LogP contribution in [0.15, 0.2) is 59.0 Å². The number of nitrogens with one attached hydrogen (secondary N) is 2. The number of carbonyl (C=O) groups is 1. The summed E-state index contributed by atoms with van der Waals surface area (Å²) in [6.45, 7) is 1.76. The molecule has 138 valence electrons. The Morgan fingerprint density at radius 2 is 1.85 bits per heavy atom. The van der Waals surface area contributed by atoms with Gasteiger partial charge in [-0.1, -0.05) is 30.3 Å². The maximum Gasteiger partial charge on any atom is 0.286 e. The number of fused-ring (bicyclic) bond motifs is 1. The Morgan fingerprint density at radius 3 is 2.65 bits per heavy atom. The van der Waals surface area contributed by atoms with E-state index in [1.54, 1.807) is 12.1 Å². The Bertz CT molecular complexity index is 848. The monoisotopic (exact) mass is 374 g/mol. The Labute approximate surface area is 159 Å². The number of amides is 1. The maximum atomic E-state index is 12.0. The van der Waals surface area contributed by atoms with Crippen molar-refractivity contribution in [2.75, 3.05) is 20.1 Å². The van der Waals surface area contributed by atoms with Crippen molar-refractivity contribution in [3.8, 4) is 5.75 Å². The summed E-state index contributed by atoms with van der Waals surface area (Å²) in [4.78, 5) is 12.0. The van der Waals surface area contributed by atoms with Crippen LogP contribution in [-0.4, -0.2) is 26.0 Å². The molecule has 0 saturated heterocycles. The molecule has 1 amide bonds. The molecule has 0 unspecified atom stereocenters. The molecule has 0 aliphatic carbocycles. The van der Waals surface area contributed by atoms with Crippen LogP contribution in [0.1, 0.15) is 22.7 Å². The average Bonchev–Trinajstić information content (AvgIpc) is 3.12. The molecule has 2 N–H and O–H groups in total. The fraction of sp³-hybridized carbons (Fsp3) is 0.250. The molecule has 2 aromatic carbocycles. The SMILES string of the molecule is CNCCCNC(=O)c1ccc(COc2ccc3ccccc3c2)o1.Cl. The van der Waals surface area contributed by atoms with E-state index in [9.17, 15) is 4.79 Å². The molecule has 0 atom stereocenters. The smallest absolute Gasteiger partial charge is 0.286 e. The van der Waals surface area contributed by atoms with Crippen molar-refractivity contribution in [2.45, 2.75) is 13.0 Å². The van der Waals surface area contributed by atoms with Gasteiger partial charge in [0.2, 0.25) is 0 Å². The number of benzene rings is 2. The second-order valence-electron chi connectivity index (χ2n) is 5.78. The lowest BCUT2D eigenvalue weighted by Crippen LogP contribution is -2.26. The van der Waals surface area contributed by atoms with E-state index in [0.717, 1.165) is 24.1 Å². The second kappa shape index (κ2) is 9.85. The summed E-state index contributed by atoms with van der Waals surface area (Å²) in [5, 5.41) is 8.16. The molecule has 3 aromatic rings. The minimum Gasteiger partial charge on any atom is -0.486 e. The number of rotatable bonds is 8. The third-order valence-electron chi connectivity index (χ3n) is 3.88. The summed E-state index contributed by atoms with van der Waals surface area (Å²) >= 11 is 0. The van der Waals surface area contributed by atoms with Gasteiger partial charge in [-0.15, -0.1) is 12.4 Å². The van der Waals surface area contributed by atoms with Gasteiger partial charge in [-0.25, -0.2) is 0 Å². The highest BCUT2D eigenvalue weighted by Gasteiger charge is 2.11. The number of furan rings is 1. The summed E-state index contributed by atoms with van der Waals surface area (Å²) in [6, 6.07) is 17.5. The van der Waals surface area contributed by atoms with E-state index in [0.29, 0.717) is 18.1 Å². The van der Waals surface area contributed by atoms with Crippen LogP contribution in [0, 0.1) is 0 Å². The van der Waals surface area contributed by atoms with Crippen LogP contribution in [0.2, 0.25) is 0 Å². The summed E-state index contributed by atoms with van der Waals surface area (Å²) in [6.07, 6.45) is 0.876. The molecule has 3 rings (SSSR count). The molecular formula is C20H23ClN2O3. The van der Waals surface area contributed by atoms with Gasteiger partial charge in [0.1, 0.15) is 18.1 Å². The fourth-order valence-corrected chi connectivity index (χ4v) is 2.54. The Morgan fingerprint density at radius 1 is 1.04 bits per heavy atom. The van der Waals surface area contributed by atoms with E-state index < -0.39 is 0 Å². The number of carbonyl (C=O) groups excluding carboxylic acids is 1. The van der Waals surface area contributed by atoms with Gasteiger partial charge in [-0.3, -0.25) is 4.79 Å². The van der Waals surface area contributed by atoms with Crippen LogP contribution in [-0.2, 0) is 6.61 Å². The third-order valence-corrected chi connectivity index (χ3v) is 3.88. The van der Waals surface area contributed by atoms with Crippen molar-refractivity contribution in [1.82, 2.24) is 10.6 Å². The first kappa shape index (κ1) is 19.8. The number of hydrogen-bond acceptors (Lipinski definition) is 4.